The molecule has 0 spiro atoms. The van der Waals surface area contributed by atoms with Crippen molar-refractivity contribution in [3.63, 3.8) is 0 Å². The molecule has 1 amide bonds. The molecule has 0 radical (unpaired) electrons. The summed E-state index contributed by atoms with van der Waals surface area (Å²) >= 11 is 3.47. The number of hydrogen-bond acceptors (Lipinski definition) is 5. The van der Waals surface area contributed by atoms with Crippen molar-refractivity contribution in [2.75, 3.05) is 18.8 Å². The van der Waals surface area contributed by atoms with Crippen LogP contribution in [0.1, 0.15) is 62.2 Å². The van der Waals surface area contributed by atoms with E-state index in [1.54, 1.807) is 11.8 Å². The second-order valence-corrected chi connectivity index (χ2v) is 10.00. The summed E-state index contributed by atoms with van der Waals surface area (Å²) in [6, 6.07) is 0. The number of thiophene rings is 1. The molecule has 2 aromatic heterocycles. The number of likely N-dealkylation sites (tertiary alicyclic amines) is 1. The maximum Gasteiger partial charge on any atom is 0.232 e. The highest BCUT2D eigenvalue weighted by Gasteiger charge is 2.25. The number of carbonyl (C=O) groups excluding carboxylic acids is 1. The summed E-state index contributed by atoms with van der Waals surface area (Å²) in [5.41, 5.74) is 1.45. The van der Waals surface area contributed by atoms with Gasteiger partial charge in [0.2, 0.25) is 5.91 Å². The summed E-state index contributed by atoms with van der Waals surface area (Å²) in [7, 11) is 0. The molecule has 3 heterocycles. The van der Waals surface area contributed by atoms with Gasteiger partial charge in [0.1, 0.15) is 15.7 Å². The zero-order valence-electron chi connectivity index (χ0n) is 15.9. The Morgan fingerprint density at radius 3 is 2.81 bits per heavy atom. The van der Waals surface area contributed by atoms with Crippen molar-refractivity contribution < 1.29 is 4.79 Å². The fourth-order valence-corrected chi connectivity index (χ4v) is 6.29. The topological polar surface area (TPSA) is 46.1 Å². The number of carbonyl (C=O) groups is 1. The molecule has 2 aliphatic rings. The molecular formula is C20H27N3OS2. The Bertz CT molecular complexity index is 824. The van der Waals surface area contributed by atoms with Crippen molar-refractivity contribution in [2.45, 2.75) is 63.8 Å². The maximum atomic E-state index is 12.5. The van der Waals surface area contributed by atoms with E-state index in [1.165, 1.54) is 22.2 Å². The van der Waals surface area contributed by atoms with Gasteiger partial charge in [-0.15, -0.1) is 11.3 Å². The molecule has 1 fully saturated rings. The van der Waals surface area contributed by atoms with Gasteiger partial charge in [0.05, 0.1) is 5.75 Å². The zero-order chi connectivity index (χ0) is 18.3. The number of rotatable bonds is 4. The van der Waals surface area contributed by atoms with Gasteiger partial charge in [0, 0.05) is 29.3 Å². The number of thioether (sulfide) groups is 1. The van der Waals surface area contributed by atoms with E-state index in [0.717, 1.165) is 60.4 Å². The fourth-order valence-electron chi connectivity index (χ4n) is 3.88. The predicted octanol–water partition coefficient (Wildman–Crippen LogP) is 4.65. The highest BCUT2D eigenvalue weighted by Crippen LogP contribution is 2.41. The van der Waals surface area contributed by atoms with Gasteiger partial charge < -0.3 is 4.90 Å². The highest BCUT2D eigenvalue weighted by atomic mass is 32.2. The van der Waals surface area contributed by atoms with Crippen LogP contribution in [0.2, 0.25) is 0 Å². The van der Waals surface area contributed by atoms with Gasteiger partial charge in [-0.25, -0.2) is 9.97 Å². The molecule has 0 N–H and O–H groups in total. The van der Waals surface area contributed by atoms with E-state index in [2.05, 4.69) is 20.8 Å². The Morgan fingerprint density at radius 2 is 2.08 bits per heavy atom. The first kappa shape index (κ1) is 18.2. The first-order valence-corrected chi connectivity index (χ1v) is 11.6. The van der Waals surface area contributed by atoms with Gasteiger partial charge in [0.25, 0.3) is 0 Å². The van der Waals surface area contributed by atoms with Gasteiger partial charge >= 0.3 is 0 Å². The van der Waals surface area contributed by atoms with E-state index in [9.17, 15) is 4.79 Å². The van der Waals surface area contributed by atoms with Crippen LogP contribution in [0.25, 0.3) is 10.2 Å². The molecule has 4 nitrogen and oxygen atoms in total. The van der Waals surface area contributed by atoms with Crippen molar-refractivity contribution in [3.05, 3.63) is 16.3 Å². The molecule has 6 heteroatoms. The standard InChI is InChI=1S/C20H27N3OS2/c1-12(2)18-21-19(25-11-16(24)23-8-4-5-9-23)17-14-7-6-13(3)10-15(14)26-20(17)22-18/h12-13H,4-11H2,1-3H3. The molecule has 0 aromatic carbocycles. The van der Waals surface area contributed by atoms with E-state index < -0.39 is 0 Å². The molecule has 140 valence electrons. The van der Waals surface area contributed by atoms with Gasteiger partial charge in [0.15, 0.2) is 0 Å². The van der Waals surface area contributed by atoms with Crippen molar-refractivity contribution in [2.24, 2.45) is 5.92 Å². The molecular weight excluding hydrogens is 362 g/mol. The van der Waals surface area contributed by atoms with Crippen LogP contribution in [0.3, 0.4) is 0 Å². The minimum Gasteiger partial charge on any atom is -0.342 e. The molecule has 26 heavy (non-hydrogen) atoms. The summed E-state index contributed by atoms with van der Waals surface area (Å²) in [5, 5.41) is 2.26. The Morgan fingerprint density at radius 1 is 1.31 bits per heavy atom. The van der Waals surface area contributed by atoms with Gasteiger partial charge in [-0.1, -0.05) is 32.5 Å². The van der Waals surface area contributed by atoms with Crippen molar-refractivity contribution in [3.8, 4) is 0 Å². The van der Waals surface area contributed by atoms with Crippen LogP contribution >= 0.6 is 23.1 Å². The van der Waals surface area contributed by atoms with Crippen molar-refractivity contribution >= 4 is 39.2 Å². The monoisotopic (exact) mass is 389 g/mol. The van der Waals surface area contributed by atoms with E-state index in [1.807, 2.05) is 16.2 Å². The quantitative estimate of drug-likeness (QED) is 0.564. The highest BCUT2D eigenvalue weighted by molar-refractivity contribution is 8.00. The van der Waals surface area contributed by atoms with Crippen LogP contribution in [0, 0.1) is 5.92 Å². The lowest BCUT2D eigenvalue weighted by atomic mass is 9.89. The summed E-state index contributed by atoms with van der Waals surface area (Å²) in [5.74, 6) is 2.69. The third kappa shape index (κ3) is 3.50. The van der Waals surface area contributed by atoms with Crippen LogP contribution in [-0.2, 0) is 17.6 Å². The molecule has 1 unspecified atom stereocenters. The number of fused-ring (bicyclic) bond motifs is 3. The maximum absolute atomic E-state index is 12.5. The third-order valence-corrected chi connectivity index (χ3v) is 7.56. The lowest BCUT2D eigenvalue weighted by Gasteiger charge is -2.18. The average Bonchev–Trinajstić information content (AvgIpc) is 3.26. The zero-order valence-corrected chi connectivity index (χ0v) is 17.5. The van der Waals surface area contributed by atoms with Crippen molar-refractivity contribution in [1.29, 1.82) is 0 Å². The Labute approximate surface area is 163 Å². The Balaban J connectivity index is 1.67. The Hall–Kier alpha value is -1.14. The molecule has 1 saturated heterocycles. The normalized spacial score (nSPS) is 20.2. The average molecular weight is 390 g/mol. The molecule has 1 aliphatic carbocycles. The Kier molecular flexibility index (Phi) is 5.24. The minimum absolute atomic E-state index is 0.253. The smallest absolute Gasteiger partial charge is 0.232 e. The molecule has 0 bridgehead atoms. The summed E-state index contributed by atoms with van der Waals surface area (Å²) in [6.07, 6.45) is 5.80. The van der Waals surface area contributed by atoms with Crippen molar-refractivity contribution in [1.82, 2.24) is 14.9 Å². The SMILES string of the molecule is CC1CCc2c(sc3nc(C(C)C)nc(SCC(=O)N4CCCC4)c23)C1. The van der Waals surface area contributed by atoms with Crippen LogP contribution in [0.15, 0.2) is 5.03 Å². The minimum atomic E-state index is 0.253. The molecule has 1 atom stereocenters. The fraction of sp³-hybridized carbons (Fsp3) is 0.650. The number of amides is 1. The summed E-state index contributed by atoms with van der Waals surface area (Å²) in [6.45, 7) is 8.45. The van der Waals surface area contributed by atoms with Crippen LogP contribution in [-0.4, -0.2) is 39.6 Å². The summed E-state index contributed by atoms with van der Waals surface area (Å²) in [4.78, 5) is 26.9. The lowest BCUT2D eigenvalue weighted by Crippen LogP contribution is -2.29. The number of aryl methyl sites for hydroxylation is 1. The second-order valence-electron chi connectivity index (χ2n) is 7.95. The van der Waals surface area contributed by atoms with E-state index in [0.29, 0.717) is 11.7 Å². The van der Waals surface area contributed by atoms with E-state index in [4.69, 9.17) is 9.97 Å². The van der Waals surface area contributed by atoms with Crippen LogP contribution in [0.4, 0.5) is 0 Å². The largest absolute Gasteiger partial charge is 0.342 e. The number of nitrogens with zero attached hydrogens (tertiary/aromatic N) is 3. The first-order chi connectivity index (χ1) is 12.5. The van der Waals surface area contributed by atoms with E-state index in [-0.39, 0.29) is 5.91 Å². The van der Waals surface area contributed by atoms with Gasteiger partial charge in [-0.3, -0.25) is 4.79 Å². The number of hydrogen-bond donors (Lipinski definition) is 0. The first-order valence-electron chi connectivity index (χ1n) is 9.75. The van der Waals surface area contributed by atoms with Gasteiger partial charge in [-0.2, -0.15) is 0 Å². The molecule has 4 rings (SSSR count). The lowest BCUT2D eigenvalue weighted by molar-refractivity contribution is -0.127. The van der Waals surface area contributed by atoms with E-state index >= 15 is 0 Å². The number of aromatic nitrogens is 2. The molecule has 0 saturated carbocycles. The van der Waals surface area contributed by atoms with Gasteiger partial charge in [-0.05, 0) is 43.6 Å². The second kappa shape index (κ2) is 7.47. The molecule has 2 aromatic rings. The van der Waals surface area contributed by atoms with Crippen LogP contribution < -0.4 is 0 Å². The van der Waals surface area contributed by atoms with Crippen LogP contribution in [0.5, 0.6) is 0 Å². The summed E-state index contributed by atoms with van der Waals surface area (Å²) < 4.78 is 0. The third-order valence-electron chi connectivity index (χ3n) is 5.45. The molecule has 1 aliphatic heterocycles. The predicted molar refractivity (Wildman–Crippen MR) is 109 cm³/mol.